The summed E-state index contributed by atoms with van der Waals surface area (Å²) in [6.45, 7) is 0. The molecule has 11 heteroatoms. The number of carboxylic acids is 1. The minimum absolute atomic E-state index is 0.230. The van der Waals surface area contributed by atoms with Gasteiger partial charge in [0.15, 0.2) is 3.55 Å². The van der Waals surface area contributed by atoms with Gasteiger partial charge < -0.3 is 10.8 Å². The number of nitro groups is 1. The monoisotopic (exact) mass is 447 g/mol. The van der Waals surface area contributed by atoms with Crippen molar-refractivity contribution in [3.63, 3.8) is 0 Å². The second-order valence-corrected chi connectivity index (χ2v) is 6.70. The van der Waals surface area contributed by atoms with Crippen LogP contribution in [0.25, 0.3) is 0 Å². The van der Waals surface area contributed by atoms with Crippen molar-refractivity contribution in [2.45, 2.75) is 16.4 Å². The molecule has 10 nitrogen and oxygen atoms in total. The van der Waals surface area contributed by atoms with Crippen LogP contribution in [-0.4, -0.2) is 42.2 Å². The van der Waals surface area contributed by atoms with Crippen LogP contribution < -0.4 is 5.73 Å². The molecule has 1 aromatic carbocycles. The van der Waals surface area contributed by atoms with E-state index in [1.165, 1.54) is 34.7 Å². The third-order valence-electron chi connectivity index (χ3n) is 3.49. The minimum Gasteiger partial charge on any atom is -0.481 e. The van der Waals surface area contributed by atoms with Crippen LogP contribution in [0.3, 0.4) is 0 Å². The maximum Gasteiger partial charge on any atom is 0.303 e. The van der Waals surface area contributed by atoms with E-state index in [4.69, 9.17) is 10.8 Å². The molecule has 3 N–H and O–H groups in total. The Kier molecular flexibility index (Phi) is 4.55. The predicted molar refractivity (Wildman–Crippen MR) is 86.4 cm³/mol. The lowest BCUT2D eigenvalue weighted by Crippen LogP contribution is -2.55. The molecule has 0 radical (unpaired) electrons. The number of primary amides is 1. The molecule has 126 valence electrons. The van der Waals surface area contributed by atoms with E-state index in [-0.39, 0.29) is 5.56 Å². The summed E-state index contributed by atoms with van der Waals surface area (Å²) in [5.41, 5.74) is 4.03. The molecule has 1 heterocycles. The number of aliphatic carboxylic acids is 1. The number of hydrogen-bond donors (Lipinski definition) is 2. The van der Waals surface area contributed by atoms with Crippen molar-refractivity contribution >= 4 is 52.0 Å². The maximum absolute atomic E-state index is 12.6. The summed E-state index contributed by atoms with van der Waals surface area (Å²) in [4.78, 5) is 58.4. The second kappa shape index (κ2) is 6.14. The number of nitrogens with zero attached hydrogens (tertiary/aromatic N) is 2. The number of nitro benzene ring substituents is 1. The van der Waals surface area contributed by atoms with Crippen LogP contribution in [0.4, 0.5) is 5.69 Å². The van der Waals surface area contributed by atoms with E-state index >= 15 is 0 Å². The van der Waals surface area contributed by atoms with E-state index < -0.39 is 56.3 Å². The number of carbonyl (C=O) groups is 4. The third-order valence-corrected chi connectivity index (χ3v) is 5.05. The molecule has 0 saturated carbocycles. The molecule has 0 aliphatic carbocycles. The quantitative estimate of drug-likeness (QED) is 0.162. The Morgan fingerprint density at radius 2 is 1.96 bits per heavy atom. The number of fused-ring (bicyclic) bond motifs is 1. The SMILES string of the molecule is NC(=O)C(I)(CCC(=O)O)N1C(=O)c2cccc([N+](=O)[O-])c2C1=O. The van der Waals surface area contributed by atoms with Crippen LogP contribution in [0.15, 0.2) is 18.2 Å². The number of alkyl halides is 1. The van der Waals surface area contributed by atoms with Gasteiger partial charge in [0.1, 0.15) is 5.56 Å². The van der Waals surface area contributed by atoms with E-state index in [9.17, 15) is 29.3 Å². The summed E-state index contributed by atoms with van der Waals surface area (Å²) in [6, 6.07) is 3.52. The number of carboxylic acid groups (broad SMARTS) is 1. The summed E-state index contributed by atoms with van der Waals surface area (Å²) < 4.78 is -1.95. The third kappa shape index (κ3) is 2.70. The summed E-state index contributed by atoms with van der Waals surface area (Å²) in [6.07, 6.45) is -0.946. The second-order valence-electron chi connectivity index (χ2n) is 4.92. The lowest BCUT2D eigenvalue weighted by Gasteiger charge is -2.32. The maximum atomic E-state index is 12.6. The Morgan fingerprint density at radius 3 is 2.46 bits per heavy atom. The lowest BCUT2D eigenvalue weighted by atomic mass is 10.1. The number of rotatable bonds is 6. The standard InChI is InChI=1S/C13H10IN3O7/c14-13(12(15)22,5-4-8(18)19)16-10(20)6-2-1-3-7(17(23)24)9(6)11(16)21/h1-3H,4-5H2,(H2,15,22)(H,18,19). The highest BCUT2D eigenvalue weighted by atomic mass is 127. The van der Waals surface area contributed by atoms with Gasteiger partial charge in [0.2, 0.25) is 0 Å². The summed E-state index contributed by atoms with van der Waals surface area (Å²) >= 11 is 1.43. The molecular weight excluding hydrogens is 437 g/mol. The molecule has 0 aromatic heterocycles. The Hall–Kier alpha value is -2.57. The molecule has 0 spiro atoms. The fourth-order valence-corrected chi connectivity index (χ4v) is 3.07. The highest BCUT2D eigenvalue weighted by molar-refractivity contribution is 14.1. The molecular formula is C13H10IN3O7. The van der Waals surface area contributed by atoms with Crippen LogP contribution in [0, 0.1) is 10.1 Å². The van der Waals surface area contributed by atoms with Gasteiger partial charge >= 0.3 is 5.97 Å². The van der Waals surface area contributed by atoms with Crippen molar-refractivity contribution in [2.75, 3.05) is 0 Å². The molecule has 1 aliphatic rings. The van der Waals surface area contributed by atoms with Crippen molar-refractivity contribution in [2.24, 2.45) is 5.73 Å². The van der Waals surface area contributed by atoms with Crippen LogP contribution in [0.5, 0.6) is 0 Å². The van der Waals surface area contributed by atoms with Gasteiger partial charge in [-0.2, -0.15) is 0 Å². The zero-order chi connectivity index (χ0) is 18.2. The molecule has 2 rings (SSSR count). The van der Waals surface area contributed by atoms with Crippen molar-refractivity contribution in [3.05, 3.63) is 39.4 Å². The van der Waals surface area contributed by atoms with E-state index in [1.807, 2.05) is 0 Å². The molecule has 3 amide bonds. The topological polar surface area (TPSA) is 161 Å². The Bertz CT molecular complexity index is 794. The predicted octanol–water partition coefficient (Wildman–Crippen LogP) is 0.672. The first-order valence-corrected chi connectivity index (χ1v) is 7.56. The Balaban J connectivity index is 2.56. The first-order valence-electron chi connectivity index (χ1n) is 6.48. The normalized spacial score (nSPS) is 15.8. The zero-order valence-corrected chi connectivity index (χ0v) is 14.1. The minimum atomic E-state index is -1.95. The van der Waals surface area contributed by atoms with E-state index in [2.05, 4.69) is 0 Å². The van der Waals surface area contributed by atoms with Crippen molar-refractivity contribution in [1.82, 2.24) is 4.90 Å². The Morgan fingerprint density at radius 1 is 1.33 bits per heavy atom. The molecule has 1 unspecified atom stereocenters. The molecule has 1 aliphatic heterocycles. The van der Waals surface area contributed by atoms with E-state index in [0.717, 1.165) is 6.07 Å². The van der Waals surface area contributed by atoms with Crippen LogP contribution in [0.1, 0.15) is 33.6 Å². The first-order chi connectivity index (χ1) is 11.1. The van der Waals surface area contributed by atoms with Gasteiger partial charge in [0.05, 0.1) is 10.5 Å². The zero-order valence-electron chi connectivity index (χ0n) is 11.9. The van der Waals surface area contributed by atoms with Crippen LogP contribution >= 0.6 is 22.6 Å². The number of benzene rings is 1. The van der Waals surface area contributed by atoms with Gasteiger partial charge in [-0.25, -0.2) is 4.90 Å². The molecule has 0 fully saturated rings. The smallest absolute Gasteiger partial charge is 0.303 e. The van der Waals surface area contributed by atoms with E-state index in [1.54, 1.807) is 0 Å². The summed E-state index contributed by atoms with van der Waals surface area (Å²) in [5, 5.41) is 19.9. The Labute approximate surface area is 147 Å². The highest BCUT2D eigenvalue weighted by Gasteiger charge is 2.53. The van der Waals surface area contributed by atoms with Gasteiger partial charge in [0, 0.05) is 12.5 Å². The number of amides is 3. The van der Waals surface area contributed by atoms with Gasteiger partial charge in [-0.15, -0.1) is 0 Å². The fraction of sp³-hybridized carbons (Fsp3) is 0.231. The summed E-state index contributed by atoms with van der Waals surface area (Å²) in [7, 11) is 0. The van der Waals surface area contributed by atoms with E-state index in [0.29, 0.717) is 4.90 Å². The molecule has 24 heavy (non-hydrogen) atoms. The van der Waals surface area contributed by atoms with Crippen molar-refractivity contribution in [1.29, 1.82) is 0 Å². The largest absolute Gasteiger partial charge is 0.481 e. The first kappa shape index (κ1) is 17.8. The fourth-order valence-electron chi connectivity index (χ4n) is 2.36. The molecule has 0 bridgehead atoms. The number of hydrogen-bond acceptors (Lipinski definition) is 6. The number of carbonyl (C=O) groups excluding carboxylic acids is 3. The lowest BCUT2D eigenvalue weighted by molar-refractivity contribution is -0.385. The number of nitrogens with two attached hydrogens (primary N) is 1. The van der Waals surface area contributed by atoms with Crippen molar-refractivity contribution in [3.8, 4) is 0 Å². The number of imide groups is 1. The van der Waals surface area contributed by atoms with Crippen LogP contribution in [0.2, 0.25) is 0 Å². The van der Waals surface area contributed by atoms with Crippen LogP contribution in [-0.2, 0) is 9.59 Å². The highest BCUT2D eigenvalue weighted by Crippen LogP contribution is 2.39. The van der Waals surface area contributed by atoms with Crippen molar-refractivity contribution < 1.29 is 29.2 Å². The number of halogens is 1. The average molecular weight is 447 g/mol. The van der Waals surface area contributed by atoms with Gasteiger partial charge in [-0.1, -0.05) is 6.07 Å². The van der Waals surface area contributed by atoms with Gasteiger partial charge in [0.25, 0.3) is 23.4 Å². The van der Waals surface area contributed by atoms with Gasteiger partial charge in [-0.05, 0) is 35.1 Å². The summed E-state index contributed by atoms with van der Waals surface area (Å²) in [5.74, 6) is -4.33. The average Bonchev–Trinajstić information content (AvgIpc) is 2.76. The molecule has 1 aromatic rings. The molecule has 1 atom stereocenters. The van der Waals surface area contributed by atoms with Gasteiger partial charge in [-0.3, -0.25) is 29.3 Å². The molecule has 0 saturated heterocycles.